The van der Waals surface area contributed by atoms with Gasteiger partial charge < -0.3 is 5.11 Å². The van der Waals surface area contributed by atoms with Gasteiger partial charge in [0.15, 0.2) is 15.7 Å². The van der Waals surface area contributed by atoms with Gasteiger partial charge in [-0.05, 0) is 24.3 Å². The normalized spacial score (nSPS) is 12.6. The minimum Gasteiger partial charge on any atom is -0.476 e. The Hall–Kier alpha value is -3.18. The van der Waals surface area contributed by atoms with Crippen LogP contribution in [0.2, 0.25) is 5.02 Å². The van der Waals surface area contributed by atoms with Crippen LogP contribution >= 0.6 is 11.6 Å². The third kappa shape index (κ3) is 4.00. The fourth-order valence-corrected chi connectivity index (χ4v) is 3.16. The van der Waals surface area contributed by atoms with Gasteiger partial charge in [-0.25, -0.2) is 13.2 Å². The van der Waals surface area contributed by atoms with E-state index in [1.807, 2.05) is 0 Å². The van der Waals surface area contributed by atoms with Gasteiger partial charge in [0.2, 0.25) is 17.5 Å². The molecule has 0 saturated carbocycles. The number of aliphatic carboxylic acids is 1. The molecule has 1 aromatic carbocycles. The summed E-state index contributed by atoms with van der Waals surface area (Å²) in [5.41, 5.74) is 0.200. The Balaban J connectivity index is 2.28. The monoisotopic (exact) mass is 440 g/mol. The Kier molecular flexibility index (Phi) is 5.44. The van der Waals surface area contributed by atoms with Crippen molar-refractivity contribution in [2.45, 2.75) is 4.90 Å². The average molecular weight is 441 g/mol. The zero-order valence-corrected chi connectivity index (χ0v) is 16.1. The molecule has 8 nitrogen and oxygen atoms in total. The average Bonchev–Trinajstić information content (AvgIpc) is 3.11. The van der Waals surface area contributed by atoms with Crippen molar-refractivity contribution in [1.82, 2.24) is 19.7 Å². The zero-order chi connectivity index (χ0) is 21.3. The molecule has 0 aliphatic heterocycles. The highest BCUT2D eigenvalue weighted by Gasteiger charge is 2.26. The van der Waals surface area contributed by atoms with Crippen LogP contribution in [0.25, 0.3) is 23.0 Å². The van der Waals surface area contributed by atoms with E-state index in [0.29, 0.717) is 0 Å². The minimum atomic E-state index is -3.51. The van der Waals surface area contributed by atoms with Crippen molar-refractivity contribution < 1.29 is 27.1 Å². The third-order valence-electron chi connectivity index (χ3n) is 3.73. The molecule has 0 amide bonds. The number of hydrogen-bond acceptors (Lipinski definition) is 6. The summed E-state index contributed by atoms with van der Waals surface area (Å²) in [4.78, 5) is 14.7. The number of carbonyl (C=O) groups is 1. The third-order valence-corrected chi connectivity index (χ3v) is 5.14. The largest absolute Gasteiger partial charge is 0.476 e. The summed E-state index contributed by atoms with van der Waals surface area (Å²) in [5, 5.41) is 16.2. The number of aromatic nitrogens is 4. The molecule has 0 aliphatic rings. The molecule has 12 heteroatoms. The second-order valence-electron chi connectivity index (χ2n) is 5.72. The molecule has 2 heterocycles. The van der Waals surface area contributed by atoms with Gasteiger partial charge in [-0.15, -0.1) is 10.2 Å². The van der Waals surface area contributed by atoms with Crippen molar-refractivity contribution in [1.29, 1.82) is 0 Å². The number of carboxylic acid groups (broad SMARTS) is 1. The molecule has 150 valence electrons. The highest BCUT2D eigenvalue weighted by molar-refractivity contribution is 7.90. The van der Waals surface area contributed by atoms with Crippen LogP contribution in [0.15, 0.2) is 53.3 Å². The molecule has 0 atom stereocenters. The van der Waals surface area contributed by atoms with Gasteiger partial charge in [0, 0.05) is 12.5 Å². The summed E-state index contributed by atoms with van der Waals surface area (Å²) < 4.78 is 52.4. The fourth-order valence-electron chi connectivity index (χ4n) is 2.38. The van der Waals surface area contributed by atoms with Crippen molar-refractivity contribution in [3.05, 3.63) is 59.3 Å². The van der Waals surface area contributed by atoms with Gasteiger partial charge in [-0.1, -0.05) is 23.7 Å². The van der Waals surface area contributed by atoms with Crippen LogP contribution in [0.4, 0.5) is 8.78 Å². The molecule has 0 bridgehead atoms. The molecule has 3 rings (SSSR count). The lowest BCUT2D eigenvalue weighted by molar-refractivity contribution is -0.134. The summed E-state index contributed by atoms with van der Waals surface area (Å²) in [7, 11) is -3.51. The molecule has 2 aromatic heterocycles. The molecule has 0 aliphatic carbocycles. The predicted molar refractivity (Wildman–Crippen MR) is 99.5 cm³/mol. The van der Waals surface area contributed by atoms with Gasteiger partial charge in [-0.2, -0.15) is 8.78 Å². The first-order valence-corrected chi connectivity index (χ1v) is 10.0. The van der Waals surface area contributed by atoms with Crippen LogP contribution < -0.4 is 0 Å². The van der Waals surface area contributed by atoms with Gasteiger partial charge >= 0.3 is 5.97 Å². The van der Waals surface area contributed by atoms with E-state index in [-0.39, 0.29) is 27.1 Å². The Labute approximate surface area is 168 Å². The number of sulfone groups is 1. The first-order valence-electron chi connectivity index (χ1n) is 7.77. The molecule has 29 heavy (non-hydrogen) atoms. The number of hydrogen-bond donors (Lipinski definition) is 1. The molecular formula is C17H11ClF2N4O4S. The molecule has 3 aromatic rings. The summed E-state index contributed by atoms with van der Waals surface area (Å²) in [6, 6.07) is 8.64. The van der Waals surface area contributed by atoms with Crippen LogP contribution in [0.3, 0.4) is 0 Å². The van der Waals surface area contributed by atoms with Crippen molar-refractivity contribution in [2.24, 2.45) is 0 Å². The fraction of sp³-hybridized carbons (Fsp3) is 0.0588. The molecule has 0 fully saturated rings. The maximum absolute atomic E-state index is 14.5. The molecule has 0 saturated heterocycles. The van der Waals surface area contributed by atoms with E-state index >= 15 is 0 Å². The number of halogens is 3. The maximum atomic E-state index is 14.5. The Bertz CT molecular complexity index is 1240. The number of carboxylic acids is 1. The van der Waals surface area contributed by atoms with Crippen LogP contribution in [0, 0.1) is 0 Å². The lowest BCUT2D eigenvalue weighted by Gasteiger charge is -2.11. The number of nitrogens with zero attached hydrogens (tertiary/aromatic N) is 4. The first kappa shape index (κ1) is 20.6. The number of rotatable bonds is 5. The van der Waals surface area contributed by atoms with Crippen molar-refractivity contribution in [2.75, 3.05) is 6.26 Å². The van der Waals surface area contributed by atoms with Gasteiger partial charge in [0.1, 0.15) is 5.69 Å². The molecule has 0 radical (unpaired) electrons. The summed E-state index contributed by atoms with van der Waals surface area (Å²) >= 11 is 6.15. The lowest BCUT2D eigenvalue weighted by Crippen LogP contribution is -2.06. The summed E-state index contributed by atoms with van der Waals surface area (Å²) in [6.07, 6.45) is 2.07. The van der Waals surface area contributed by atoms with E-state index in [4.69, 9.17) is 16.7 Å². The topological polar surface area (TPSA) is 115 Å². The van der Waals surface area contributed by atoms with E-state index < -0.39 is 33.3 Å². The van der Waals surface area contributed by atoms with E-state index in [0.717, 1.165) is 17.0 Å². The smallest absolute Gasteiger partial charge is 0.368 e. The van der Waals surface area contributed by atoms with Gasteiger partial charge in [0.05, 0.1) is 15.6 Å². The summed E-state index contributed by atoms with van der Waals surface area (Å²) in [6.45, 7) is 0. The summed E-state index contributed by atoms with van der Waals surface area (Å²) in [5.74, 6) is -6.79. The Morgan fingerprint density at radius 3 is 2.38 bits per heavy atom. The number of para-hydroxylation sites is 1. The highest BCUT2D eigenvalue weighted by atomic mass is 35.5. The van der Waals surface area contributed by atoms with Crippen molar-refractivity contribution in [3.8, 4) is 17.2 Å². The molecular weight excluding hydrogens is 430 g/mol. The molecule has 0 spiro atoms. The SMILES string of the molecule is CS(=O)(=O)c1ccc(-c2nnc(C(F)=C(F)C(=O)O)n2-c2ccccc2Cl)nc1. The minimum absolute atomic E-state index is 0.0618. The second-order valence-corrected chi connectivity index (χ2v) is 8.14. The highest BCUT2D eigenvalue weighted by Crippen LogP contribution is 2.31. The molecule has 0 unspecified atom stereocenters. The lowest BCUT2D eigenvalue weighted by atomic mass is 10.2. The van der Waals surface area contributed by atoms with Crippen molar-refractivity contribution >= 4 is 33.2 Å². The van der Waals surface area contributed by atoms with Crippen LogP contribution in [-0.2, 0) is 14.6 Å². The predicted octanol–water partition coefficient (Wildman–Crippen LogP) is 3.08. The van der Waals surface area contributed by atoms with E-state index in [1.54, 1.807) is 12.1 Å². The number of benzene rings is 1. The van der Waals surface area contributed by atoms with E-state index in [2.05, 4.69) is 15.2 Å². The van der Waals surface area contributed by atoms with E-state index in [1.165, 1.54) is 24.3 Å². The first-order chi connectivity index (χ1) is 13.6. The van der Waals surface area contributed by atoms with Gasteiger partial charge in [-0.3, -0.25) is 9.55 Å². The standard InChI is InChI=1S/C17H11ClF2N4O4S/c1-29(27,28)9-6-7-11(21-8-9)15-22-23-16(13(19)14(20)17(25)26)24(15)12-5-3-2-4-10(12)18/h2-8H,1H3,(H,25,26). The van der Waals surface area contributed by atoms with Crippen molar-refractivity contribution in [3.63, 3.8) is 0 Å². The van der Waals surface area contributed by atoms with Crippen LogP contribution in [-0.4, -0.2) is 45.5 Å². The zero-order valence-electron chi connectivity index (χ0n) is 14.5. The second kappa shape index (κ2) is 7.68. The van der Waals surface area contributed by atoms with Crippen LogP contribution in [0.1, 0.15) is 5.82 Å². The molecule has 1 N–H and O–H groups in total. The van der Waals surface area contributed by atoms with Crippen LogP contribution in [0.5, 0.6) is 0 Å². The van der Waals surface area contributed by atoms with E-state index in [9.17, 15) is 22.0 Å². The van der Waals surface area contributed by atoms with Gasteiger partial charge in [0.25, 0.3) is 0 Å². The number of pyridine rings is 1. The quantitative estimate of drug-likeness (QED) is 0.606. The Morgan fingerprint density at radius 1 is 1.14 bits per heavy atom. The Morgan fingerprint density at radius 2 is 1.83 bits per heavy atom. The maximum Gasteiger partial charge on any atom is 0.368 e.